The Labute approximate surface area is 280 Å². The maximum Gasteiger partial charge on any atom is -0.00201 e. The summed E-state index contributed by atoms with van der Waals surface area (Å²) in [7, 11) is 0. The van der Waals surface area contributed by atoms with Gasteiger partial charge in [0.05, 0.1) is 0 Å². The van der Waals surface area contributed by atoms with Gasteiger partial charge < -0.3 is 0 Å². The van der Waals surface area contributed by atoms with Crippen molar-refractivity contribution in [2.75, 3.05) is 0 Å². The Balaban J connectivity index is 1.00. The van der Waals surface area contributed by atoms with Crippen molar-refractivity contribution in [2.24, 2.45) is 0 Å². The van der Waals surface area contributed by atoms with Crippen LogP contribution in [0.2, 0.25) is 0 Å². The molecule has 0 fully saturated rings. The van der Waals surface area contributed by atoms with E-state index in [0.29, 0.717) is 0 Å². The van der Waals surface area contributed by atoms with Crippen LogP contribution in [0, 0.1) is 0 Å². The minimum absolute atomic E-state index is 1.23. The van der Waals surface area contributed by atoms with Gasteiger partial charge >= 0.3 is 0 Å². The van der Waals surface area contributed by atoms with Gasteiger partial charge in [-0.2, -0.15) is 0 Å². The number of rotatable bonds is 4. The molecule has 9 aromatic rings. The smallest absolute Gasteiger partial charge is 0.00201 e. The average Bonchev–Trinajstić information content (AvgIpc) is 3.49. The van der Waals surface area contributed by atoms with Crippen molar-refractivity contribution in [3.8, 4) is 66.8 Å². The molecule has 1 aliphatic rings. The van der Waals surface area contributed by atoms with Crippen molar-refractivity contribution in [3.05, 3.63) is 182 Å². The van der Waals surface area contributed by atoms with Crippen LogP contribution in [0.3, 0.4) is 0 Å². The molecular formula is C48H30. The topological polar surface area (TPSA) is 0 Å². The van der Waals surface area contributed by atoms with Crippen LogP contribution in [0.15, 0.2) is 182 Å². The first kappa shape index (κ1) is 26.9. The van der Waals surface area contributed by atoms with E-state index in [2.05, 4.69) is 182 Å². The molecule has 0 bridgehead atoms. The molecule has 0 saturated carbocycles. The lowest BCUT2D eigenvalue weighted by molar-refractivity contribution is 1.60. The first-order valence-electron chi connectivity index (χ1n) is 16.7. The maximum atomic E-state index is 2.31. The highest BCUT2D eigenvalue weighted by Crippen LogP contribution is 2.49. The number of benzene rings is 9. The van der Waals surface area contributed by atoms with E-state index in [1.807, 2.05) is 0 Å². The van der Waals surface area contributed by atoms with Gasteiger partial charge in [0, 0.05) is 0 Å². The van der Waals surface area contributed by atoms with Crippen molar-refractivity contribution >= 4 is 32.3 Å². The summed E-state index contributed by atoms with van der Waals surface area (Å²) in [5, 5.41) is 7.76. The summed E-state index contributed by atoms with van der Waals surface area (Å²) in [6.45, 7) is 0. The van der Waals surface area contributed by atoms with E-state index < -0.39 is 0 Å². The molecule has 0 aliphatic heterocycles. The minimum Gasteiger partial charge on any atom is -0.0616 e. The molecule has 0 radical (unpaired) electrons. The molecule has 1 aliphatic carbocycles. The van der Waals surface area contributed by atoms with E-state index in [-0.39, 0.29) is 0 Å². The van der Waals surface area contributed by atoms with Crippen molar-refractivity contribution in [3.63, 3.8) is 0 Å². The van der Waals surface area contributed by atoms with Crippen LogP contribution >= 0.6 is 0 Å². The minimum atomic E-state index is 1.23. The summed E-state index contributed by atoms with van der Waals surface area (Å²) in [6.07, 6.45) is 0. The van der Waals surface area contributed by atoms with E-state index >= 15 is 0 Å². The first-order chi connectivity index (χ1) is 23.8. The first-order valence-corrected chi connectivity index (χ1v) is 16.7. The Morgan fingerprint density at radius 3 is 1.25 bits per heavy atom. The highest BCUT2D eigenvalue weighted by atomic mass is 14.2. The fourth-order valence-corrected chi connectivity index (χ4v) is 7.90. The highest BCUT2D eigenvalue weighted by molar-refractivity contribution is 6.18. The third kappa shape index (κ3) is 4.16. The second-order valence-corrected chi connectivity index (χ2v) is 12.9. The zero-order chi connectivity index (χ0) is 31.6. The van der Waals surface area contributed by atoms with Crippen LogP contribution in [0.1, 0.15) is 0 Å². The molecule has 48 heavy (non-hydrogen) atoms. The van der Waals surface area contributed by atoms with Crippen molar-refractivity contribution in [2.45, 2.75) is 0 Å². The highest BCUT2D eigenvalue weighted by Gasteiger charge is 2.22. The molecule has 0 spiro atoms. The number of hydrogen-bond acceptors (Lipinski definition) is 0. The molecule has 0 amide bonds. The van der Waals surface area contributed by atoms with E-state index in [9.17, 15) is 0 Å². The van der Waals surface area contributed by atoms with Crippen LogP contribution in [-0.4, -0.2) is 0 Å². The quantitative estimate of drug-likeness (QED) is 0.187. The second-order valence-electron chi connectivity index (χ2n) is 12.9. The normalized spacial score (nSPS) is 11.8. The molecule has 222 valence electrons. The predicted molar refractivity (Wildman–Crippen MR) is 205 cm³/mol. The Kier molecular flexibility index (Phi) is 5.98. The van der Waals surface area contributed by atoms with Crippen molar-refractivity contribution in [1.82, 2.24) is 0 Å². The third-order valence-electron chi connectivity index (χ3n) is 10.3. The Bertz CT molecular complexity index is 2660. The zero-order valence-electron chi connectivity index (χ0n) is 26.3. The zero-order valence-corrected chi connectivity index (χ0v) is 26.3. The summed E-state index contributed by atoms with van der Waals surface area (Å²) in [5.74, 6) is 0. The van der Waals surface area contributed by atoms with Gasteiger partial charge in [0.1, 0.15) is 0 Å². The van der Waals surface area contributed by atoms with Gasteiger partial charge in [0.25, 0.3) is 0 Å². The van der Waals surface area contributed by atoms with Gasteiger partial charge in [0.2, 0.25) is 0 Å². The SMILES string of the molecule is c1ccc2c(c1)-c1cccc3c(-c4ccc(-c5ccc(-c6ccc(-c7ccc8ccccc8c7)cc6)c6ccccc56)cc4)ccc-2c13. The van der Waals surface area contributed by atoms with E-state index in [4.69, 9.17) is 0 Å². The lowest BCUT2D eigenvalue weighted by Crippen LogP contribution is -1.88. The van der Waals surface area contributed by atoms with E-state index in [0.717, 1.165) is 0 Å². The summed E-state index contributed by atoms with van der Waals surface area (Å²) in [4.78, 5) is 0. The van der Waals surface area contributed by atoms with Crippen molar-refractivity contribution < 1.29 is 0 Å². The Morgan fingerprint density at radius 1 is 0.208 bits per heavy atom. The van der Waals surface area contributed by atoms with Gasteiger partial charge in [-0.05, 0) is 105 Å². The molecule has 10 rings (SSSR count). The van der Waals surface area contributed by atoms with Gasteiger partial charge in [0.15, 0.2) is 0 Å². The molecule has 0 N–H and O–H groups in total. The molecule has 0 atom stereocenters. The molecule has 0 saturated heterocycles. The summed E-state index contributed by atoms with van der Waals surface area (Å²) in [5.41, 5.74) is 15.3. The number of fused-ring (bicyclic) bond motifs is 5. The Morgan fingerprint density at radius 2 is 0.625 bits per heavy atom. The number of hydrogen-bond donors (Lipinski definition) is 0. The molecule has 0 heterocycles. The lowest BCUT2D eigenvalue weighted by atomic mass is 9.90. The molecule has 9 aromatic carbocycles. The van der Waals surface area contributed by atoms with Crippen LogP contribution in [0.25, 0.3) is 99.1 Å². The predicted octanol–water partition coefficient (Wildman–Crippen LogP) is 13.5. The lowest BCUT2D eigenvalue weighted by Gasteiger charge is -2.14. The van der Waals surface area contributed by atoms with Crippen LogP contribution in [0.4, 0.5) is 0 Å². The van der Waals surface area contributed by atoms with Gasteiger partial charge in [-0.15, -0.1) is 0 Å². The largest absolute Gasteiger partial charge is 0.0616 e. The van der Waals surface area contributed by atoms with Crippen molar-refractivity contribution in [1.29, 1.82) is 0 Å². The van der Waals surface area contributed by atoms with Gasteiger partial charge in [-0.1, -0.05) is 176 Å². The third-order valence-corrected chi connectivity index (χ3v) is 10.3. The van der Waals surface area contributed by atoms with Crippen LogP contribution in [-0.2, 0) is 0 Å². The molecule has 0 heteroatoms. The van der Waals surface area contributed by atoms with E-state index in [1.54, 1.807) is 0 Å². The summed E-state index contributed by atoms with van der Waals surface area (Å²) in [6, 6.07) is 66.9. The molecule has 0 aromatic heterocycles. The molecular weight excluding hydrogens is 577 g/mol. The summed E-state index contributed by atoms with van der Waals surface area (Å²) >= 11 is 0. The fraction of sp³-hybridized carbons (Fsp3) is 0. The van der Waals surface area contributed by atoms with E-state index in [1.165, 1.54) is 99.1 Å². The average molecular weight is 607 g/mol. The summed E-state index contributed by atoms with van der Waals surface area (Å²) < 4.78 is 0. The standard InChI is InChI=1S/C48H30/c1-2-9-36-30-37(25-18-31(36)8-1)32-16-19-33(20-17-32)38-26-27-39(42-11-4-3-10-41(38)42)34-21-23-35(24-22-34)40-28-29-47-44-13-6-5-12-43(44)46-15-7-14-45(40)48(46)47/h1-30H. The van der Waals surface area contributed by atoms with Gasteiger partial charge in [-0.3, -0.25) is 0 Å². The van der Waals surface area contributed by atoms with Gasteiger partial charge in [-0.25, -0.2) is 0 Å². The Hall–Kier alpha value is -6.24. The van der Waals surface area contributed by atoms with Crippen LogP contribution in [0.5, 0.6) is 0 Å². The monoisotopic (exact) mass is 606 g/mol. The molecule has 0 nitrogen and oxygen atoms in total. The fourth-order valence-electron chi connectivity index (χ4n) is 7.90. The molecule has 0 unspecified atom stereocenters. The second kappa shape index (κ2) is 10.7. The van der Waals surface area contributed by atoms with Crippen LogP contribution < -0.4 is 0 Å². The maximum absolute atomic E-state index is 2.31.